The number of carboxylic acids is 1. The van der Waals surface area contributed by atoms with Gasteiger partial charge in [-0.15, -0.1) is 23.1 Å². The predicted molar refractivity (Wildman–Crippen MR) is 166 cm³/mol. The molecule has 0 spiro atoms. The van der Waals surface area contributed by atoms with Gasteiger partial charge in [0.2, 0.25) is 5.91 Å². The van der Waals surface area contributed by atoms with E-state index in [0.717, 1.165) is 21.9 Å². The number of rotatable bonds is 9. The topological polar surface area (TPSA) is 118 Å². The number of benzene rings is 3. The summed E-state index contributed by atoms with van der Waals surface area (Å²) in [6.45, 7) is 1.76. The molecule has 1 atom stereocenters. The van der Waals surface area contributed by atoms with Crippen LogP contribution >= 0.6 is 69.5 Å². The number of nitrogens with one attached hydrogen (secondary N) is 2. The molecule has 0 saturated heterocycles. The smallest absolute Gasteiger partial charge is 0.338 e. The summed E-state index contributed by atoms with van der Waals surface area (Å²) in [5, 5.41) is 15.6. The first-order valence-electron chi connectivity index (χ1n) is 11.6. The van der Waals surface area contributed by atoms with Crippen LogP contribution in [0.2, 0.25) is 20.1 Å². The maximum Gasteiger partial charge on any atom is 0.338 e. The Morgan fingerprint density at radius 1 is 0.902 bits per heavy atom. The SMILES string of the molecule is COc1ccc(-c2csc(NC(=O)C(C)Sc3ccc(NC(=O)c4c(Cl)c(Cl)c(Cl)c(Cl)c4C(=O)O)cc3)n2)cc1. The van der Waals surface area contributed by atoms with Crippen molar-refractivity contribution in [3.05, 3.63) is 85.1 Å². The van der Waals surface area contributed by atoms with Crippen LogP contribution in [0.25, 0.3) is 11.3 Å². The average Bonchev–Trinajstić information content (AvgIpc) is 3.42. The average molecular weight is 671 g/mol. The molecule has 8 nitrogen and oxygen atoms in total. The molecule has 4 rings (SSSR count). The molecule has 3 aromatic carbocycles. The van der Waals surface area contributed by atoms with Crippen molar-refractivity contribution in [2.24, 2.45) is 0 Å². The minimum absolute atomic E-state index is 0.227. The van der Waals surface area contributed by atoms with Crippen LogP contribution in [-0.4, -0.2) is 40.2 Å². The molecule has 3 N–H and O–H groups in total. The molecular weight excluding hydrogens is 652 g/mol. The maximum absolute atomic E-state index is 12.9. The number of anilines is 2. The lowest BCUT2D eigenvalue weighted by molar-refractivity contribution is -0.115. The first kappa shape index (κ1) is 31.0. The molecule has 0 saturated carbocycles. The molecule has 0 radical (unpaired) electrons. The number of aromatic carboxylic acids is 1. The fraction of sp³-hybridized carbons (Fsp3) is 0.111. The summed E-state index contributed by atoms with van der Waals surface area (Å²) < 4.78 is 5.17. The highest BCUT2D eigenvalue weighted by atomic mass is 35.5. The predicted octanol–water partition coefficient (Wildman–Crippen LogP) is 8.50. The van der Waals surface area contributed by atoms with Gasteiger partial charge in [0.1, 0.15) is 5.75 Å². The number of methoxy groups -OCH3 is 1. The molecular formula is C27H19Cl4N3O5S2. The third kappa shape index (κ3) is 7.09. The van der Waals surface area contributed by atoms with Crippen LogP contribution in [0.5, 0.6) is 5.75 Å². The number of amides is 2. The van der Waals surface area contributed by atoms with E-state index < -0.39 is 33.3 Å². The lowest BCUT2D eigenvalue weighted by Crippen LogP contribution is -2.22. The van der Waals surface area contributed by atoms with Gasteiger partial charge < -0.3 is 20.5 Å². The van der Waals surface area contributed by atoms with Crippen LogP contribution < -0.4 is 15.4 Å². The number of halogens is 4. The molecule has 4 aromatic rings. The fourth-order valence-electron chi connectivity index (χ4n) is 3.55. The van der Waals surface area contributed by atoms with Gasteiger partial charge in [0.25, 0.3) is 5.91 Å². The Hall–Kier alpha value is -2.99. The van der Waals surface area contributed by atoms with Gasteiger partial charge >= 0.3 is 5.97 Å². The number of hydrogen-bond donors (Lipinski definition) is 3. The van der Waals surface area contributed by atoms with Gasteiger partial charge in [0, 0.05) is 21.5 Å². The Labute approximate surface area is 262 Å². The Kier molecular flexibility index (Phi) is 10.1. The van der Waals surface area contributed by atoms with Gasteiger partial charge in [-0.25, -0.2) is 9.78 Å². The first-order valence-corrected chi connectivity index (χ1v) is 14.8. The number of carboxylic acid groups (broad SMARTS) is 1. The molecule has 41 heavy (non-hydrogen) atoms. The third-order valence-corrected chi connectivity index (χ3v) is 9.29. The van der Waals surface area contributed by atoms with Gasteiger partial charge in [0.15, 0.2) is 5.13 Å². The van der Waals surface area contributed by atoms with E-state index in [1.54, 1.807) is 38.3 Å². The fourth-order valence-corrected chi connectivity index (χ4v) is 6.16. The minimum atomic E-state index is -1.49. The van der Waals surface area contributed by atoms with Gasteiger partial charge in [-0.1, -0.05) is 46.4 Å². The van der Waals surface area contributed by atoms with Crippen LogP contribution in [0.1, 0.15) is 27.6 Å². The highest BCUT2D eigenvalue weighted by molar-refractivity contribution is 8.00. The van der Waals surface area contributed by atoms with E-state index >= 15 is 0 Å². The van der Waals surface area contributed by atoms with Crippen molar-refractivity contribution in [2.75, 3.05) is 17.7 Å². The van der Waals surface area contributed by atoms with Crippen LogP contribution in [0, 0.1) is 0 Å². The van der Waals surface area contributed by atoms with Crippen molar-refractivity contribution < 1.29 is 24.2 Å². The number of carbonyl (C=O) groups is 3. The van der Waals surface area contributed by atoms with Gasteiger partial charge in [0.05, 0.1) is 49.3 Å². The Bertz CT molecular complexity index is 1630. The second-order valence-corrected chi connectivity index (χ2v) is 12.1. The number of thiazole rings is 1. The van der Waals surface area contributed by atoms with E-state index in [4.69, 9.17) is 51.1 Å². The van der Waals surface area contributed by atoms with Crippen molar-refractivity contribution in [3.8, 4) is 17.0 Å². The third-order valence-electron chi connectivity index (χ3n) is 5.62. The number of nitrogens with zero attached hydrogens (tertiary/aromatic N) is 1. The molecule has 1 aromatic heterocycles. The molecule has 212 valence electrons. The number of carbonyl (C=O) groups excluding carboxylic acids is 2. The van der Waals surface area contributed by atoms with E-state index in [1.807, 2.05) is 29.6 Å². The zero-order valence-corrected chi connectivity index (χ0v) is 25.8. The monoisotopic (exact) mass is 669 g/mol. The van der Waals surface area contributed by atoms with Crippen LogP contribution in [0.4, 0.5) is 10.8 Å². The van der Waals surface area contributed by atoms with E-state index in [2.05, 4.69) is 15.6 Å². The first-order chi connectivity index (χ1) is 19.5. The number of aromatic nitrogens is 1. The molecule has 0 fully saturated rings. The lowest BCUT2D eigenvalue weighted by Gasteiger charge is -2.14. The van der Waals surface area contributed by atoms with Crippen LogP contribution in [0.3, 0.4) is 0 Å². The molecule has 1 unspecified atom stereocenters. The Morgan fingerprint density at radius 3 is 2.10 bits per heavy atom. The van der Waals surface area contributed by atoms with Crippen LogP contribution in [-0.2, 0) is 4.79 Å². The number of thioether (sulfide) groups is 1. The molecule has 0 aliphatic rings. The molecule has 2 amide bonds. The molecule has 0 aliphatic carbocycles. The van der Waals surface area contributed by atoms with Gasteiger partial charge in [-0.3, -0.25) is 9.59 Å². The van der Waals surface area contributed by atoms with Crippen molar-refractivity contribution >= 4 is 98.1 Å². The summed E-state index contributed by atoms with van der Waals surface area (Å²) in [5.41, 5.74) is 1.01. The highest BCUT2D eigenvalue weighted by Crippen LogP contribution is 2.42. The summed E-state index contributed by atoms with van der Waals surface area (Å²) in [6.07, 6.45) is 0. The number of hydrogen-bond acceptors (Lipinski definition) is 7. The summed E-state index contributed by atoms with van der Waals surface area (Å²) in [6, 6.07) is 14.1. The highest BCUT2D eigenvalue weighted by Gasteiger charge is 2.29. The zero-order chi connectivity index (χ0) is 29.8. The summed E-state index contributed by atoms with van der Waals surface area (Å²) in [4.78, 5) is 42.7. The summed E-state index contributed by atoms with van der Waals surface area (Å²) >= 11 is 26.8. The summed E-state index contributed by atoms with van der Waals surface area (Å²) in [5.74, 6) is -1.81. The second kappa shape index (κ2) is 13.3. The standard InChI is InChI=1S/C27H19Cl4N3O5S2/c1-12(24(35)34-27-33-17(11-40-27)13-3-7-15(39-2)8-4-13)41-16-9-5-14(6-10-16)32-25(36)18-19(26(37)38)21(29)23(31)22(30)20(18)28/h3-12H,1-2H3,(H,32,36)(H,37,38)(H,33,34,35). The maximum atomic E-state index is 12.9. The second-order valence-electron chi connectivity index (χ2n) is 8.31. The van der Waals surface area contributed by atoms with E-state index in [0.29, 0.717) is 10.8 Å². The van der Waals surface area contributed by atoms with E-state index in [1.165, 1.54) is 23.1 Å². The molecule has 1 heterocycles. The van der Waals surface area contributed by atoms with Crippen molar-refractivity contribution in [1.82, 2.24) is 4.98 Å². The summed E-state index contributed by atoms with van der Waals surface area (Å²) in [7, 11) is 1.60. The lowest BCUT2D eigenvalue weighted by atomic mass is 10.1. The molecule has 0 aliphatic heterocycles. The van der Waals surface area contributed by atoms with Crippen molar-refractivity contribution in [3.63, 3.8) is 0 Å². The van der Waals surface area contributed by atoms with Gasteiger partial charge in [-0.2, -0.15) is 0 Å². The van der Waals surface area contributed by atoms with Crippen LogP contribution in [0.15, 0.2) is 58.8 Å². The van der Waals surface area contributed by atoms with E-state index in [9.17, 15) is 19.5 Å². The zero-order valence-electron chi connectivity index (χ0n) is 21.1. The van der Waals surface area contributed by atoms with Crippen molar-refractivity contribution in [2.45, 2.75) is 17.1 Å². The largest absolute Gasteiger partial charge is 0.497 e. The molecule has 14 heteroatoms. The quantitative estimate of drug-likeness (QED) is 0.0928. The normalized spacial score (nSPS) is 11.6. The van der Waals surface area contributed by atoms with E-state index in [-0.39, 0.29) is 21.0 Å². The number of ether oxygens (including phenoxy) is 1. The molecule has 0 bridgehead atoms. The van der Waals surface area contributed by atoms with Crippen molar-refractivity contribution in [1.29, 1.82) is 0 Å². The van der Waals surface area contributed by atoms with Gasteiger partial charge in [-0.05, 0) is 55.5 Å². The Morgan fingerprint density at radius 2 is 1.51 bits per heavy atom. The Balaban J connectivity index is 1.39. The minimum Gasteiger partial charge on any atom is -0.497 e.